The number of pyridine rings is 1. The second-order valence-corrected chi connectivity index (χ2v) is 22.3. The number of benzene rings is 9. The number of aromatic nitrogens is 4. The van der Waals surface area contributed by atoms with E-state index in [0.717, 1.165) is 66.3 Å². The third kappa shape index (κ3) is 10.0. The Kier molecular flexibility index (Phi) is 11.7. The Bertz CT molecular complexity index is 4500. The molecule has 3 heterocycles. The molecule has 388 valence electrons. The summed E-state index contributed by atoms with van der Waals surface area (Å²) in [6.07, 6.45) is 3.62. The summed E-state index contributed by atoms with van der Waals surface area (Å²) in [5.74, 6) is 1.36. The van der Waals surface area contributed by atoms with Crippen molar-refractivity contribution in [2.45, 2.75) is 78.0 Å². The number of hydrogen-bond donors (Lipinski definition) is 0. The van der Waals surface area contributed by atoms with E-state index < -0.39 is 29.9 Å². The van der Waals surface area contributed by atoms with E-state index in [1.165, 1.54) is 0 Å². The Morgan fingerprint density at radius 3 is 1.95 bits per heavy atom. The standard InChI is InChI=1S/C72H62N4O.Pt/c1-70(2,3)55-41-53(42-56(44-55)71(4,5)6)61-32-21-31-60(51-24-14-10-15-25-51)69(61)75-48-74(67-43-52(34-37-65(67)75)50-22-12-9-13-23-50)57-28-20-29-58(45-57)77-59-35-36-63-62-30-18-19-33-64(62)76(66(63)46-59)68-40-49(38-39-73-68)47-72(7,8)54-26-16-11-17-27-54;/h9-44H,47H2,1-8H3;/q-2;/i10D,14D,15D,24D,25D,47D2;. The molecule has 0 spiro atoms. The first-order valence-electron chi connectivity index (χ1n) is 29.6. The predicted molar refractivity (Wildman–Crippen MR) is 317 cm³/mol. The van der Waals surface area contributed by atoms with Gasteiger partial charge in [0.1, 0.15) is 5.82 Å². The SMILES string of the molecule is [2H]c1c([2H])c([2H])c(-c2cccc(-c3cc(C(C)(C)C)cc(C(C)(C)C)c3)c2-[n+]2[c-]n(-c3[c-]c(Oc4[c-]c5c(cc4)c4ccccc4n5-c4cc(C([2H])([2H])C(C)(C)c5ccccc5)ccn4)ccc3)c3cc(-c4ccccc4)ccc32)c([2H])c1[2H].[Pt]. The maximum absolute atomic E-state index is 9.57. The fraction of sp³-hybridized carbons (Fsp3) is 0.167. The van der Waals surface area contributed by atoms with Crippen molar-refractivity contribution in [1.82, 2.24) is 14.1 Å². The minimum atomic E-state index is -1.78. The zero-order valence-corrected chi connectivity index (χ0v) is 47.2. The van der Waals surface area contributed by atoms with Crippen LogP contribution in [0.25, 0.3) is 83.4 Å². The van der Waals surface area contributed by atoms with Gasteiger partial charge in [0.25, 0.3) is 6.33 Å². The average molecular weight is 1200 g/mol. The van der Waals surface area contributed by atoms with E-state index in [9.17, 15) is 5.48 Å². The summed E-state index contributed by atoms with van der Waals surface area (Å²) in [7, 11) is 0. The zero-order valence-electron chi connectivity index (χ0n) is 51.9. The molecule has 0 bridgehead atoms. The van der Waals surface area contributed by atoms with Crippen LogP contribution in [0.3, 0.4) is 0 Å². The molecule has 0 radical (unpaired) electrons. The summed E-state index contributed by atoms with van der Waals surface area (Å²) in [6.45, 7) is 17.0. The quantitative estimate of drug-likeness (QED) is 0.0956. The van der Waals surface area contributed by atoms with Crippen LogP contribution in [0.4, 0.5) is 0 Å². The Labute approximate surface area is 483 Å². The van der Waals surface area contributed by atoms with E-state index in [1.54, 1.807) is 12.3 Å². The predicted octanol–water partition coefficient (Wildman–Crippen LogP) is 17.7. The van der Waals surface area contributed by atoms with Crippen LogP contribution in [-0.4, -0.2) is 14.1 Å². The Hall–Kier alpha value is -8.11. The first kappa shape index (κ1) is 43.9. The van der Waals surface area contributed by atoms with Gasteiger partial charge in [-0.05, 0) is 114 Å². The van der Waals surface area contributed by atoms with Gasteiger partial charge in [-0.25, -0.2) is 4.98 Å². The number of rotatable bonds is 11. The maximum Gasteiger partial charge on any atom is 0.268 e. The van der Waals surface area contributed by atoms with Gasteiger partial charge in [-0.3, -0.25) is 4.57 Å². The van der Waals surface area contributed by atoms with Crippen LogP contribution in [0.15, 0.2) is 218 Å². The van der Waals surface area contributed by atoms with Crippen LogP contribution in [0, 0.1) is 18.5 Å². The molecule has 12 aromatic rings. The van der Waals surface area contributed by atoms with Crippen molar-refractivity contribution >= 4 is 32.8 Å². The molecule has 5 nitrogen and oxygen atoms in total. The van der Waals surface area contributed by atoms with Crippen LogP contribution < -0.4 is 9.30 Å². The molecule has 78 heavy (non-hydrogen) atoms. The van der Waals surface area contributed by atoms with Gasteiger partial charge >= 0.3 is 0 Å². The van der Waals surface area contributed by atoms with Gasteiger partial charge in [0, 0.05) is 47.0 Å². The van der Waals surface area contributed by atoms with Crippen LogP contribution >= 0.6 is 0 Å². The van der Waals surface area contributed by atoms with Crippen molar-refractivity contribution < 1.29 is 40.0 Å². The van der Waals surface area contributed by atoms with Crippen LogP contribution in [0.2, 0.25) is 0 Å². The third-order valence-corrected chi connectivity index (χ3v) is 14.5. The zero-order chi connectivity index (χ0) is 59.2. The Morgan fingerprint density at radius 1 is 0.551 bits per heavy atom. The van der Waals surface area contributed by atoms with E-state index in [2.05, 4.69) is 109 Å². The van der Waals surface area contributed by atoms with Gasteiger partial charge in [-0.2, -0.15) is 18.2 Å². The van der Waals surface area contributed by atoms with E-state index >= 15 is 0 Å². The molecule has 0 aliphatic carbocycles. The van der Waals surface area contributed by atoms with Gasteiger partial charge < -0.3 is 13.9 Å². The molecule has 9 aromatic carbocycles. The molecule has 0 aliphatic heterocycles. The molecular weight excluding hydrogens is 1130 g/mol. The van der Waals surface area contributed by atoms with Gasteiger partial charge in [0.15, 0.2) is 0 Å². The minimum absolute atomic E-state index is 0. The molecule has 6 heteroatoms. The molecule has 0 saturated carbocycles. The van der Waals surface area contributed by atoms with Gasteiger partial charge in [-0.15, -0.1) is 29.7 Å². The summed E-state index contributed by atoms with van der Waals surface area (Å²) < 4.78 is 76.8. The van der Waals surface area contributed by atoms with Crippen molar-refractivity contribution in [3.05, 3.63) is 259 Å². The van der Waals surface area contributed by atoms with Gasteiger partial charge in [0.05, 0.1) is 23.6 Å². The third-order valence-electron chi connectivity index (χ3n) is 14.5. The second-order valence-electron chi connectivity index (χ2n) is 22.3. The fourth-order valence-electron chi connectivity index (χ4n) is 10.3. The Morgan fingerprint density at radius 2 is 1.22 bits per heavy atom. The van der Waals surface area contributed by atoms with E-state index in [1.807, 2.05) is 155 Å². The fourth-order valence-corrected chi connectivity index (χ4v) is 10.3. The van der Waals surface area contributed by atoms with Crippen molar-refractivity contribution in [2.24, 2.45) is 0 Å². The first-order chi connectivity index (χ1) is 40.0. The van der Waals surface area contributed by atoms with Crippen LogP contribution in [0.1, 0.15) is 87.2 Å². The summed E-state index contributed by atoms with van der Waals surface area (Å²) in [5.41, 5.74) is 10.7. The summed E-state index contributed by atoms with van der Waals surface area (Å²) in [4.78, 5) is 4.85. The number of para-hydroxylation sites is 2. The van der Waals surface area contributed by atoms with Crippen LogP contribution in [0.5, 0.6) is 11.5 Å². The first-order valence-corrected chi connectivity index (χ1v) is 26.1. The van der Waals surface area contributed by atoms with Crippen molar-refractivity contribution in [3.8, 4) is 62.1 Å². The molecule has 12 rings (SSSR count). The molecular formula is C72H62N4OPt-2. The normalized spacial score (nSPS) is 13.5. The maximum atomic E-state index is 9.57. The molecule has 0 amide bonds. The topological polar surface area (TPSA) is 35.9 Å². The average Bonchev–Trinajstić information content (AvgIpc) is 2.12. The van der Waals surface area contributed by atoms with Crippen molar-refractivity contribution in [1.29, 1.82) is 0 Å². The number of hydrogen-bond acceptors (Lipinski definition) is 2. The van der Waals surface area contributed by atoms with E-state index in [4.69, 9.17) is 13.8 Å². The van der Waals surface area contributed by atoms with Crippen LogP contribution in [-0.2, 0) is 43.7 Å². The smallest absolute Gasteiger partial charge is 0.268 e. The number of ether oxygens (including phenoxy) is 1. The summed E-state index contributed by atoms with van der Waals surface area (Å²) >= 11 is 0. The number of imidazole rings is 1. The molecule has 0 saturated heterocycles. The number of fused-ring (bicyclic) bond motifs is 4. The largest absolute Gasteiger partial charge is 0.510 e. The molecule has 0 N–H and O–H groups in total. The van der Waals surface area contributed by atoms with Crippen molar-refractivity contribution in [2.75, 3.05) is 0 Å². The number of nitrogens with zero attached hydrogens (tertiary/aromatic N) is 4. The monoisotopic (exact) mass is 1200 g/mol. The molecule has 0 unspecified atom stereocenters. The summed E-state index contributed by atoms with van der Waals surface area (Å²) in [6, 6.07) is 65.0. The molecule has 0 fully saturated rings. The van der Waals surface area contributed by atoms with Crippen molar-refractivity contribution in [3.63, 3.8) is 0 Å². The summed E-state index contributed by atoms with van der Waals surface area (Å²) in [5, 5.41) is 1.90. The second kappa shape index (κ2) is 20.7. The molecule has 0 atom stereocenters. The van der Waals surface area contributed by atoms with E-state index in [-0.39, 0.29) is 49.5 Å². The Balaban J connectivity index is 0.00000752. The molecule has 3 aromatic heterocycles. The van der Waals surface area contributed by atoms with Gasteiger partial charge in [0.2, 0.25) is 0 Å². The minimum Gasteiger partial charge on any atom is -0.510 e. The molecule has 0 aliphatic rings. The van der Waals surface area contributed by atoms with E-state index in [0.29, 0.717) is 45.3 Å². The van der Waals surface area contributed by atoms with Gasteiger partial charge in [-0.1, -0.05) is 219 Å².